The van der Waals surface area contributed by atoms with Crippen molar-refractivity contribution in [3.8, 4) is 0 Å². The van der Waals surface area contributed by atoms with E-state index in [-0.39, 0.29) is 5.78 Å². The maximum Gasteiger partial charge on any atom is 0.160 e. The zero-order valence-electron chi connectivity index (χ0n) is 8.82. The third kappa shape index (κ3) is 3.08. The van der Waals surface area contributed by atoms with Gasteiger partial charge in [-0.05, 0) is 43.4 Å². The molecule has 2 aliphatic carbocycles. The summed E-state index contributed by atoms with van der Waals surface area (Å²) in [6, 6.07) is 0. The van der Waals surface area contributed by atoms with Crippen molar-refractivity contribution in [3.05, 3.63) is 36.1 Å². The first kappa shape index (κ1) is 10.2. The second-order valence-electron chi connectivity index (χ2n) is 4.09. The minimum atomic E-state index is 0.165. The highest BCUT2D eigenvalue weighted by Gasteiger charge is 2.14. The predicted molar refractivity (Wildman–Crippen MR) is 59.3 cm³/mol. The van der Waals surface area contributed by atoms with E-state index >= 15 is 0 Å². The highest BCUT2D eigenvalue weighted by atomic mass is 16.5. The molecule has 15 heavy (non-hydrogen) atoms. The summed E-state index contributed by atoms with van der Waals surface area (Å²) in [4.78, 5) is 11.1. The van der Waals surface area contributed by atoms with E-state index in [1.165, 1.54) is 25.7 Å². The molecule has 0 unspecified atom stereocenters. The van der Waals surface area contributed by atoms with E-state index in [1.54, 1.807) is 18.4 Å². The summed E-state index contributed by atoms with van der Waals surface area (Å²) in [6.45, 7) is 0. The van der Waals surface area contributed by atoms with Gasteiger partial charge in [-0.25, -0.2) is 0 Å². The van der Waals surface area contributed by atoms with Gasteiger partial charge in [0.15, 0.2) is 5.78 Å². The van der Waals surface area contributed by atoms with Gasteiger partial charge >= 0.3 is 0 Å². The number of rotatable bonds is 3. The van der Waals surface area contributed by atoms with Crippen molar-refractivity contribution in [3.63, 3.8) is 0 Å². The molecule has 1 fully saturated rings. The van der Waals surface area contributed by atoms with Gasteiger partial charge in [0.2, 0.25) is 0 Å². The number of allylic oxidation sites excluding steroid dienone is 5. The summed E-state index contributed by atoms with van der Waals surface area (Å²) in [5.41, 5.74) is 1.03. The smallest absolute Gasteiger partial charge is 0.160 e. The first-order valence-electron chi connectivity index (χ1n) is 5.57. The molecular formula is C13H16O2. The zero-order chi connectivity index (χ0) is 10.5. The molecule has 2 nitrogen and oxygen atoms in total. The third-order valence-corrected chi connectivity index (χ3v) is 2.83. The number of ether oxygens (including phenoxy) is 1. The van der Waals surface area contributed by atoms with Crippen molar-refractivity contribution >= 4 is 5.78 Å². The Hall–Kier alpha value is -1.31. The van der Waals surface area contributed by atoms with Crippen molar-refractivity contribution in [1.82, 2.24) is 0 Å². The lowest BCUT2D eigenvalue weighted by atomic mass is 10.0. The van der Waals surface area contributed by atoms with Crippen LogP contribution in [0.1, 0.15) is 32.1 Å². The molecule has 0 aromatic heterocycles. The van der Waals surface area contributed by atoms with E-state index < -0.39 is 0 Å². The van der Waals surface area contributed by atoms with Crippen molar-refractivity contribution in [2.45, 2.75) is 38.2 Å². The second kappa shape index (κ2) is 4.96. The van der Waals surface area contributed by atoms with Gasteiger partial charge in [0.1, 0.15) is 0 Å². The Kier molecular flexibility index (Phi) is 3.38. The Bertz CT molecular complexity index is 317. The van der Waals surface area contributed by atoms with Gasteiger partial charge in [-0.2, -0.15) is 0 Å². The van der Waals surface area contributed by atoms with Crippen LogP contribution in [0, 0.1) is 0 Å². The summed E-state index contributed by atoms with van der Waals surface area (Å²) < 4.78 is 5.58. The summed E-state index contributed by atoms with van der Waals surface area (Å²) in [5, 5.41) is 0. The fraction of sp³-hybridized carbons (Fsp3) is 0.462. The van der Waals surface area contributed by atoms with Crippen LogP contribution in [0.2, 0.25) is 0 Å². The lowest BCUT2D eigenvalue weighted by Gasteiger charge is -2.08. The van der Waals surface area contributed by atoms with Gasteiger partial charge in [-0.3, -0.25) is 4.79 Å². The number of carbonyl (C=O) groups excluding carboxylic acids is 1. The molecule has 0 aliphatic heterocycles. The molecule has 0 saturated heterocycles. The number of hydrogen-bond donors (Lipinski definition) is 0. The summed E-state index contributed by atoms with van der Waals surface area (Å²) in [7, 11) is 0. The fourth-order valence-electron chi connectivity index (χ4n) is 1.97. The van der Waals surface area contributed by atoms with Gasteiger partial charge < -0.3 is 4.74 Å². The topological polar surface area (TPSA) is 26.3 Å². The van der Waals surface area contributed by atoms with Gasteiger partial charge in [0.05, 0.1) is 12.4 Å². The van der Waals surface area contributed by atoms with E-state index in [0.717, 1.165) is 5.57 Å². The minimum Gasteiger partial charge on any atom is -0.498 e. The molecule has 0 spiro atoms. The normalized spacial score (nSPS) is 22.4. The highest BCUT2D eigenvalue weighted by Crippen LogP contribution is 2.21. The van der Waals surface area contributed by atoms with Gasteiger partial charge in [0.25, 0.3) is 0 Å². The Morgan fingerprint density at radius 1 is 1.33 bits per heavy atom. The largest absolute Gasteiger partial charge is 0.498 e. The van der Waals surface area contributed by atoms with Crippen LogP contribution in [0.4, 0.5) is 0 Å². The minimum absolute atomic E-state index is 0.165. The van der Waals surface area contributed by atoms with Gasteiger partial charge in [0, 0.05) is 6.42 Å². The number of hydrogen-bond acceptors (Lipinski definition) is 2. The molecule has 2 rings (SSSR count). The SMILES string of the molecule is O=C1C=CC=C(C=COC2CCCC2)C1. The summed E-state index contributed by atoms with van der Waals surface area (Å²) in [5.74, 6) is 0.165. The zero-order valence-corrected chi connectivity index (χ0v) is 8.82. The highest BCUT2D eigenvalue weighted by molar-refractivity contribution is 5.93. The van der Waals surface area contributed by atoms with Crippen LogP contribution in [-0.4, -0.2) is 11.9 Å². The van der Waals surface area contributed by atoms with E-state index in [4.69, 9.17) is 4.74 Å². The predicted octanol–water partition coefficient (Wildman–Crippen LogP) is 2.91. The second-order valence-corrected chi connectivity index (χ2v) is 4.09. The van der Waals surface area contributed by atoms with Crippen molar-refractivity contribution in [2.24, 2.45) is 0 Å². The first-order chi connectivity index (χ1) is 7.34. The van der Waals surface area contributed by atoms with Crippen LogP contribution < -0.4 is 0 Å². The molecule has 0 N–H and O–H groups in total. The molecule has 0 bridgehead atoms. The Balaban J connectivity index is 1.80. The van der Waals surface area contributed by atoms with E-state index in [1.807, 2.05) is 12.2 Å². The molecule has 0 aromatic carbocycles. The molecule has 0 atom stereocenters. The molecule has 0 heterocycles. The molecule has 2 heteroatoms. The lowest BCUT2D eigenvalue weighted by Crippen LogP contribution is -2.02. The van der Waals surface area contributed by atoms with Crippen LogP contribution in [0.25, 0.3) is 0 Å². The van der Waals surface area contributed by atoms with Crippen LogP contribution in [0.3, 0.4) is 0 Å². The quantitative estimate of drug-likeness (QED) is 0.661. The maximum absolute atomic E-state index is 11.1. The van der Waals surface area contributed by atoms with Gasteiger partial charge in [-0.1, -0.05) is 12.2 Å². The Morgan fingerprint density at radius 3 is 2.87 bits per heavy atom. The molecule has 2 aliphatic rings. The number of ketones is 1. The average molecular weight is 204 g/mol. The Morgan fingerprint density at radius 2 is 2.13 bits per heavy atom. The van der Waals surface area contributed by atoms with E-state index in [0.29, 0.717) is 12.5 Å². The van der Waals surface area contributed by atoms with E-state index in [9.17, 15) is 4.79 Å². The first-order valence-corrected chi connectivity index (χ1v) is 5.57. The average Bonchev–Trinajstić information content (AvgIpc) is 2.71. The molecule has 0 aromatic rings. The van der Waals surface area contributed by atoms with Gasteiger partial charge in [-0.15, -0.1) is 0 Å². The lowest BCUT2D eigenvalue weighted by molar-refractivity contribution is -0.114. The van der Waals surface area contributed by atoms with Crippen LogP contribution >= 0.6 is 0 Å². The number of carbonyl (C=O) groups is 1. The van der Waals surface area contributed by atoms with Crippen LogP contribution in [0.5, 0.6) is 0 Å². The molecular weight excluding hydrogens is 188 g/mol. The molecule has 0 radical (unpaired) electrons. The van der Waals surface area contributed by atoms with Crippen molar-refractivity contribution < 1.29 is 9.53 Å². The third-order valence-electron chi connectivity index (χ3n) is 2.83. The standard InChI is InChI=1S/C13H16O2/c14-12-5-3-4-11(10-12)8-9-15-13-6-1-2-7-13/h3-5,8-9,13H,1-2,6-7,10H2. The molecule has 0 amide bonds. The summed E-state index contributed by atoms with van der Waals surface area (Å²) >= 11 is 0. The monoisotopic (exact) mass is 204 g/mol. The summed E-state index contributed by atoms with van der Waals surface area (Å²) in [6.07, 6.45) is 14.8. The fourth-order valence-corrected chi connectivity index (χ4v) is 1.97. The van der Waals surface area contributed by atoms with E-state index in [2.05, 4.69) is 0 Å². The molecule has 1 saturated carbocycles. The van der Waals surface area contributed by atoms with Crippen molar-refractivity contribution in [2.75, 3.05) is 0 Å². The van der Waals surface area contributed by atoms with Crippen LogP contribution in [-0.2, 0) is 9.53 Å². The van der Waals surface area contributed by atoms with Crippen LogP contribution in [0.15, 0.2) is 36.1 Å². The Labute approximate surface area is 90.3 Å². The molecule has 80 valence electrons. The van der Waals surface area contributed by atoms with Crippen molar-refractivity contribution in [1.29, 1.82) is 0 Å². The maximum atomic E-state index is 11.1.